The lowest BCUT2D eigenvalue weighted by Gasteiger charge is -2.42. The van der Waals surface area contributed by atoms with Crippen LogP contribution in [0.25, 0.3) is 0 Å². The van der Waals surface area contributed by atoms with Crippen molar-refractivity contribution in [2.24, 2.45) is 0 Å². The Morgan fingerprint density at radius 1 is 0.707 bits per heavy atom. The summed E-state index contributed by atoms with van der Waals surface area (Å²) in [6.45, 7) is -0.159. The fourth-order valence-electron chi connectivity index (χ4n) is 6.34. The standard InChI is InChI=1S/C40H51F17N4O14/c1-32(2,3)61(73)14-17-7-9-18(10-8-17)28(70)58-12-5-4-6-19(60-30(72)25(68)24(67)27(20(64)15-62)75-31-26(69)23(66)22(65)21(16-63)74-31)29(71)59-13-11-33(41,42)34(43,44)35(45,46)36(47,48)37(49,50)38(51,52)39(53,54)40(55,56)57/h7-10,14,19-27,31,62-69H,4-6,11-13,15-16H2,1-3H3,(H,58,70)(H,59,71)(H,60,72)/b61-14-/t19?,20?,21?,22-,23-,24+,25?,26?,27-,31-/m0/s1. The van der Waals surface area contributed by atoms with E-state index >= 15 is 0 Å². The van der Waals surface area contributed by atoms with Crippen LogP contribution >= 0.6 is 0 Å². The molecule has 10 atom stereocenters. The van der Waals surface area contributed by atoms with Crippen LogP contribution in [0, 0.1) is 5.21 Å². The zero-order chi connectivity index (χ0) is 58.5. The first-order valence-electron chi connectivity index (χ1n) is 21.5. The van der Waals surface area contributed by atoms with E-state index < -0.39 is 171 Å². The molecule has 3 amide bonds. The number of hydrogen-bond donors (Lipinski definition) is 11. The molecule has 1 saturated heterocycles. The van der Waals surface area contributed by atoms with Crippen molar-refractivity contribution in [2.45, 2.75) is 161 Å². The summed E-state index contributed by atoms with van der Waals surface area (Å²) >= 11 is 0. The number of amides is 3. The number of nitrogens with zero attached hydrogens (tertiary/aromatic N) is 1. The summed E-state index contributed by atoms with van der Waals surface area (Å²) in [5.41, 5.74) is -0.419. The molecule has 18 nitrogen and oxygen atoms in total. The maximum Gasteiger partial charge on any atom is 0.460 e. The minimum Gasteiger partial charge on any atom is -0.623 e. The number of hydroxylamine groups is 1. The van der Waals surface area contributed by atoms with Crippen molar-refractivity contribution in [3.8, 4) is 0 Å². The molecule has 1 aromatic carbocycles. The Bertz CT molecular complexity index is 2100. The van der Waals surface area contributed by atoms with Gasteiger partial charge in [-0.3, -0.25) is 14.4 Å². The Labute approximate surface area is 411 Å². The number of nitrogens with one attached hydrogen (secondary N) is 3. The van der Waals surface area contributed by atoms with Crippen LogP contribution in [0.15, 0.2) is 24.3 Å². The quantitative estimate of drug-likeness (QED) is 0.0157. The molecule has 1 aliphatic rings. The minimum absolute atomic E-state index is 0.0241. The van der Waals surface area contributed by atoms with Gasteiger partial charge in [-0.1, -0.05) is 0 Å². The van der Waals surface area contributed by atoms with Crippen LogP contribution in [-0.2, 0) is 19.1 Å². The van der Waals surface area contributed by atoms with Crippen molar-refractivity contribution < 1.29 is 144 Å². The number of unbranched alkanes of at least 4 members (excludes halogenated alkanes) is 1. The van der Waals surface area contributed by atoms with E-state index in [2.05, 4.69) is 5.32 Å². The molecule has 434 valence electrons. The summed E-state index contributed by atoms with van der Waals surface area (Å²) in [7, 11) is 0. The van der Waals surface area contributed by atoms with Gasteiger partial charge in [0.2, 0.25) is 5.91 Å². The molecule has 11 N–H and O–H groups in total. The van der Waals surface area contributed by atoms with E-state index in [-0.39, 0.29) is 18.5 Å². The molecule has 0 bridgehead atoms. The highest BCUT2D eigenvalue weighted by molar-refractivity contribution is 5.94. The maximum atomic E-state index is 14.7. The van der Waals surface area contributed by atoms with Crippen LogP contribution in [0.4, 0.5) is 74.6 Å². The average Bonchev–Trinajstić information content (AvgIpc) is 3.30. The first-order chi connectivity index (χ1) is 33.9. The van der Waals surface area contributed by atoms with E-state index in [0.29, 0.717) is 10.3 Å². The smallest absolute Gasteiger partial charge is 0.460 e. The zero-order valence-corrected chi connectivity index (χ0v) is 38.7. The van der Waals surface area contributed by atoms with Gasteiger partial charge in [-0.05, 0) is 43.5 Å². The van der Waals surface area contributed by atoms with Gasteiger partial charge in [0.1, 0.15) is 48.8 Å². The second-order valence-electron chi connectivity index (χ2n) is 17.7. The van der Waals surface area contributed by atoms with Gasteiger partial charge < -0.3 is 71.5 Å². The lowest BCUT2D eigenvalue weighted by molar-refractivity contribution is -0.530. The monoisotopic (exact) mass is 1130 g/mol. The number of halogens is 17. The topological polar surface area (TPSA) is 294 Å². The van der Waals surface area contributed by atoms with Gasteiger partial charge in [0.05, 0.1) is 13.2 Å². The number of carbonyl (C=O) groups excluding carboxylic acids is 3. The van der Waals surface area contributed by atoms with E-state index in [0.717, 1.165) is 0 Å². The zero-order valence-electron chi connectivity index (χ0n) is 38.7. The van der Waals surface area contributed by atoms with Crippen LogP contribution in [0.3, 0.4) is 0 Å². The third-order valence-corrected chi connectivity index (χ3v) is 11.1. The van der Waals surface area contributed by atoms with Gasteiger partial charge >= 0.3 is 47.6 Å². The SMILES string of the molecule is CC(C)(C)/[N+]([O-])=C/c1ccc(C(=O)NCCCCC(NC(=O)C(O)[C@@H](O)[C@@H](O[C@@H]2OC(CO)[C@H](O)[C@H](O)C2O)C(O)CO)C(=O)NCCC(F)(F)C(F)(F)C(F)(F)C(F)(F)C(F)(F)C(F)(F)C(F)(F)C(F)(F)F)cc1. The molecule has 1 aliphatic heterocycles. The number of aliphatic hydroxyl groups is 8. The van der Waals surface area contributed by atoms with Crippen molar-refractivity contribution in [1.29, 1.82) is 0 Å². The highest BCUT2D eigenvalue weighted by atomic mass is 19.4. The van der Waals surface area contributed by atoms with Crippen molar-refractivity contribution in [2.75, 3.05) is 26.3 Å². The number of alkyl halides is 17. The second kappa shape index (κ2) is 24.5. The van der Waals surface area contributed by atoms with Crippen LogP contribution in [0.1, 0.15) is 62.4 Å². The summed E-state index contributed by atoms with van der Waals surface area (Å²) in [4.78, 5) is 39.1. The molecule has 0 saturated carbocycles. The van der Waals surface area contributed by atoms with E-state index in [9.17, 15) is 135 Å². The Morgan fingerprint density at radius 2 is 1.21 bits per heavy atom. The molecule has 75 heavy (non-hydrogen) atoms. The fraction of sp³-hybridized carbons (Fsp3) is 0.750. The summed E-state index contributed by atoms with van der Waals surface area (Å²) in [6, 6.07) is 3.05. The predicted molar refractivity (Wildman–Crippen MR) is 215 cm³/mol. The second-order valence-corrected chi connectivity index (χ2v) is 17.7. The molecule has 1 aromatic rings. The van der Waals surface area contributed by atoms with Gasteiger partial charge in [0.15, 0.2) is 24.1 Å². The summed E-state index contributed by atoms with van der Waals surface area (Å²) in [5.74, 6) is -63.1. The Kier molecular flexibility index (Phi) is 21.7. The van der Waals surface area contributed by atoms with Gasteiger partial charge in [-0.2, -0.15) is 74.6 Å². The highest BCUT2D eigenvalue weighted by Crippen LogP contribution is 2.64. The average molecular weight is 1130 g/mol. The third kappa shape index (κ3) is 14.2. The van der Waals surface area contributed by atoms with Crippen LogP contribution in [-0.4, -0.2) is 210 Å². The molecular formula is C40H51F17N4O14. The molecule has 2 rings (SSSR count). The Morgan fingerprint density at radius 3 is 1.69 bits per heavy atom. The van der Waals surface area contributed by atoms with Crippen molar-refractivity contribution >= 4 is 23.9 Å². The lowest BCUT2D eigenvalue weighted by atomic mass is 9.88. The number of hydrogen-bond acceptors (Lipinski definition) is 14. The minimum atomic E-state index is -8.89. The molecule has 35 heteroatoms. The molecule has 0 spiro atoms. The van der Waals surface area contributed by atoms with Gasteiger partial charge in [0.25, 0.3) is 11.8 Å². The van der Waals surface area contributed by atoms with Gasteiger partial charge in [-0.15, -0.1) is 0 Å². The number of ether oxygens (including phenoxy) is 2. The number of benzene rings is 1. The molecule has 0 radical (unpaired) electrons. The van der Waals surface area contributed by atoms with E-state index in [1.807, 2.05) is 0 Å². The van der Waals surface area contributed by atoms with E-state index in [1.165, 1.54) is 35.8 Å². The fourth-order valence-corrected chi connectivity index (χ4v) is 6.34. The van der Waals surface area contributed by atoms with Gasteiger partial charge in [-0.25, -0.2) is 4.74 Å². The lowest BCUT2D eigenvalue weighted by Crippen LogP contribution is -2.74. The first kappa shape index (κ1) is 66.6. The van der Waals surface area contributed by atoms with E-state index in [4.69, 9.17) is 9.47 Å². The Hall–Kier alpha value is -4.49. The van der Waals surface area contributed by atoms with Crippen molar-refractivity contribution in [1.82, 2.24) is 16.0 Å². The molecule has 1 fully saturated rings. The van der Waals surface area contributed by atoms with Crippen LogP contribution in [0.2, 0.25) is 0 Å². The number of rotatable bonds is 26. The maximum absolute atomic E-state index is 14.7. The first-order valence-corrected chi connectivity index (χ1v) is 21.5. The molecule has 0 aliphatic carbocycles. The van der Waals surface area contributed by atoms with Crippen molar-refractivity contribution in [3.63, 3.8) is 0 Å². The summed E-state index contributed by atoms with van der Waals surface area (Å²) in [6.07, 6.45) is -32.5. The molecule has 5 unspecified atom stereocenters. The molecular weight excluding hydrogens is 1080 g/mol. The van der Waals surface area contributed by atoms with E-state index in [1.54, 1.807) is 26.1 Å². The largest absolute Gasteiger partial charge is 0.623 e. The normalized spacial score (nSPS) is 22.2. The summed E-state index contributed by atoms with van der Waals surface area (Å²) in [5, 5.41) is 98.7. The third-order valence-electron chi connectivity index (χ3n) is 11.1. The van der Waals surface area contributed by atoms with Gasteiger partial charge in [0, 0.05) is 51.4 Å². The molecule has 0 aromatic heterocycles. The van der Waals surface area contributed by atoms with Crippen LogP contribution < -0.4 is 16.0 Å². The van der Waals surface area contributed by atoms with Crippen molar-refractivity contribution in [3.05, 3.63) is 40.6 Å². The summed E-state index contributed by atoms with van der Waals surface area (Å²) < 4.78 is 245. The Balaban J connectivity index is 2.39. The predicted octanol–water partition coefficient (Wildman–Crippen LogP) is 1.58. The highest BCUT2D eigenvalue weighted by Gasteiger charge is 2.95. The molecule has 1 heterocycles. The van der Waals surface area contributed by atoms with Crippen LogP contribution in [0.5, 0.6) is 0 Å². The number of carbonyl (C=O) groups is 3. The number of aliphatic hydroxyl groups excluding tert-OH is 8.